The molecule has 0 spiro atoms. The molecule has 11 nitrogen and oxygen atoms in total. The number of nitrogens with zero attached hydrogens (tertiary/aromatic N) is 3. The molecule has 0 radical (unpaired) electrons. The van der Waals surface area contributed by atoms with E-state index in [4.69, 9.17) is 21.1 Å². The number of likely N-dealkylation sites (N-methyl/N-ethyl adjacent to an activating group) is 2. The van der Waals surface area contributed by atoms with Crippen molar-refractivity contribution in [2.24, 2.45) is 0 Å². The van der Waals surface area contributed by atoms with Gasteiger partial charge < -0.3 is 24.6 Å². The molecule has 0 aromatic heterocycles. The Morgan fingerprint density at radius 1 is 0.714 bits per heavy atom. The predicted octanol–water partition coefficient (Wildman–Crippen LogP) is 9.71. The molecule has 0 bridgehead atoms. The number of aryl methyl sites for hydroxylation is 1. The number of hydrogen-bond donors (Lipinski definition) is 1. The number of halogens is 1. The van der Waals surface area contributed by atoms with Gasteiger partial charge in [-0.3, -0.25) is 24.1 Å². The van der Waals surface area contributed by atoms with E-state index >= 15 is 0 Å². The normalized spacial score (nSPS) is 14.9. The number of hydrogen-bond acceptors (Lipinski definition) is 7. The van der Waals surface area contributed by atoms with E-state index in [1.807, 2.05) is 140 Å². The van der Waals surface area contributed by atoms with Gasteiger partial charge in [0.2, 0.25) is 17.7 Å². The molecule has 6 aromatic carbocycles. The van der Waals surface area contributed by atoms with Crippen molar-refractivity contribution in [3.63, 3.8) is 0 Å². The summed E-state index contributed by atoms with van der Waals surface area (Å²) in [5, 5.41) is 3.28. The first-order valence-electron chi connectivity index (χ1n) is 23.8. The van der Waals surface area contributed by atoms with Crippen LogP contribution in [0.25, 0.3) is 11.1 Å². The van der Waals surface area contributed by atoms with Gasteiger partial charge in [-0.15, -0.1) is 0 Å². The molecule has 1 N–H and O–H groups in total. The van der Waals surface area contributed by atoms with E-state index < -0.39 is 59.4 Å². The summed E-state index contributed by atoms with van der Waals surface area (Å²) in [6.45, 7) is 6.14. The minimum atomic E-state index is -1.55. The smallest absolute Gasteiger partial charge is 0.410 e. The van der Waals surface area contributed by atoms with Crippen LogP contribution in [0.1, 0.15) is 78.0 Å². The van der Waals surface area contributed by atoms with Crippen molar-refractivity contribution >= 4 is 41.4 Å². The van der Waals surface area contributed by atoms with Crippen molar-refractivity contribution in [1.82, 2.24) is 20.0 Å². The summed E-state index contributed by atoms with van der Waals surface area (Å²) in [6, 6.07) is 46.9. The fourth-order valence-electron chi connectivity index (χ4n) is 9.74. The number of rotatable bonds is 16. The lowest BCUT2D eigenvalue weighted by Gasteiger charge is -2.39. The summed E-state index contributed by atoms with van der Waals surface area (Å²) >= 11 is 6.97. The quantitative estimate of drug-likeness (QED) is 0.0757. The topological polar surface area (TPSA) is 126 Å². The Hall–Kier alpha value is -7.24. The first-order chi connectivity index (χ1) is 33.7. The molecule has 70 heavy (non-hydrogen) atoms. The molecule has 0 saturated carbocycles. The van der Waals surface area contributed by atoms with E-state index in [-0.39, 0.29) is 18.9 Å². The Kier molecular flexibility index (Phi) is 14.9. The van der Waals surface area contributed by atoms with Crippen LogP contribution in [0.15, 0.2) is 158 Å². The highest BCUT2D eigenvalue weighted by Gasteiger charge is 2.45. The molecular weight excluding hydrogens is 900 g/mol. The van der Waals surface area contributed by atoms with Gasteiger partial charge in [-0.2, -0.15) is 0 Å². The third-order valence-corrected chi connectivity index (χ3v) is 14.2. The molecule has 6 aromatic rings. The molecule has 2 aliphatic rings. The highest BCUT2D eigenvalue weighted by atomic mass is 35.5. The van der Waals surface area contributed by atoms with Gasteiger partial charge in [0.15, 0.2) is 5.60 Å². The summed E-state index contributed by atoms with van der Waals surface area (Å²) in [6.07, 6.45) is 0.368. The second-order valence-corrected chi connectivity index (χ2v) is 19.1. The van der Waals surface area contributed by atoms with Gasteiger partial charge in [-0.25, -0.2) is 4.79 Å². The average molecular weight is 960 g/mol. The van der Waals surface area contributed by atoms with Crippen LogP contribution in [0, 0.1) is 6.92 Å². The average Bonchev–Trinajstić information content (AvgIpc) is 4.04. The third kappa shape index (κ3) is 10.1. The molecule has 4 amide bonds. The molecule has 1 aliphatic heterocycles. The molecule has 1 saturated heterocycles. The molecule has 1 heterocycles. The van der Waals surface area contributed by atoms with Crippen molar-refractivity contribution < 1.29 is 33.4 Å². The van der Waals surface area contributed by atoms with Crippen molar-refractivity contribution in [3.05, 3.63) is 202 Å². The fourth-order valence-corrected chi connectivity index (χ4v) is 10.0. The van der Waals surface area contributed by atoms with Crippen LogP contribution in [0.5, 0.6) is 0 Å². The van der Waals surface area contributed by atoms with Gasteiger partial charge in [0.1, 0.15) is 24.2 Å². The minimum absolute atomic E-state index is 0.0566. The minimum Gasteiger partial charge on any atom is -0.448 e. The largest absolute Gasteiger partial charge is 0.448 e. The monoisotopic (exact) mass is 958 g/mol. The number of amides is 4. The SMILES string of the molecule is Cc1ccc(C(OC(=O)C[C@H](NC(=O)[C@H](Cc2ccccc2)N(C)C(=O)C(C)(C)N(C)C(=O)OCC2c3ccccc3-c3ccccc32)C(=O)N2CCCC2)(c2ccccc2)c2ccccc2Cl)cc1. The Balaban J connectivity index is 1.06. The molecule has 1 unspecified atom stereocenters. The Morgan fingerprint density at radius 3 is 1.87 bits per heavy atom. The molecule has 1 aliphatic carbocycles. The van der Waals surface area contributed by atoms with E-state index in [9.17, 15) is 24.0 Å². The Bertz CT molecular complexity index is 2800. The first-order valence-corrected chi connectivity index (χ1v) is 24.2. The highest BCUT2D eigenvalue weighted by molar-refractivity contribution is 6.31. The third-order valence-electron chi connectivity index (χ3n) is 13.9. The zero-order chi connectivity index (χ0) is 49.6. The Labute approximate surface area is 415 Å². The zero-order valence-corrected chi connectivity index (χ0v) is 41.0. The van der Waals surface area contributed by atoms with Crippen molar-refractivity contribution in [2.75, 3.05) is 33.8 Å². The predicted molar refractivity (Wildman–Crippen MR) is 271 cm³/mol. The number of ether oxygens (including phenoxy) is 2. The lowest BCUT2D eigenvalue weighted by atomic mass is 9.79. The second-order valence-electron chi connectivity index (χ2n) is 18.7. The van der Waals surface area contributed by atoms with E-state index in [0.29, 0.717) is 34.8 Å². The van der Waals surface area contributed by atoms with Gasteiger partial charge in [-0.1, -0.05) is 169 Å². The summed E-state index contributed by atoms with van der Waals surface area (Å²) in [4.78, 5) is 77.2. The van der Waals surface area contributed by atoms with Crippen LogP contribution in [0.2, 0.25) is 5.02 Å². The number of fused-ring (bicyclic) bond motifs is 3. The maximum atomic E-state index is 15.0. The van der Waals surface area contributed by atoms with E-state index in [0.717, 1.165) is 46.2 Å². The van der Waals surface area contributed by atoms with Crippen molar-refractivity contribution in [3.8, 4) is 11.1 Å². The maximum Gasteiger partial charge on any atom is 0.410 e. The molecule has 12 heteroatoms. The lowest BCUT2D eigenvalue weighted by molar-refractivity contribution is -0.156. The van der Waals surface area contributed by atoms with Crippen LogP contribution in [0.4, 0.5) is 4.79 Å². The number of esters is 1. The number of nitrogens with one attached hydrogen (secondary N) is 1. The molecule has 8 rings (SSSR count). The van der Waals surface area contributed by atoms with E-state index in [1.54, 1.807) is 30.9 Å². The maximum absolute atomic E-state index is 15.0. The van der Waals surface area contributed by atoms with Crippen LogP contribution in [0.3, 0.4) is 0 Å². The second kappa shape index (κ2) is 21.2. The van der Waals surface area contributed by atoms with Gasteiger partial charge in [-0.05, 0) is 67.5 Å². The van der Waals surface area contributed by atoms with Crippen molar-refractivity contribution in [1.29, 1.82) is 0 Å². The summed E-state index contributed by atoms with van der Waals surface area (Å²) < 4.78 is 12.7. The van der Waals surface area contributed by atoms with Crippen LogP contribution < -0.4 is 5.32 Å². The summed E-state index contributed by atoms with van der Waals surface area (Å²) in [5.41, 5.74) is 4.75. The molecular formula is C58H59ClN4O7. The zero-order valence-electron chi connectivity index (χ0n) is 40.3. The first kappa shape index (κ1) is 49.2. The van der Waals surface area contributed by atoms with Gasteiger partial charge in [0.25, 0.3) is 0 Å². The van der Waals surface area contributed by atoms with E-state index in [2.05, 4.69) is 17.4 Å². The number of benzene rings is 6. The highest BCUT2D eigenvalue weighted by Crippen LogP contribution is 2.46. The summed E-state index contributed by atoms with van der Waals surface area (Å²) in [7, 11) is 3.01. The van der Waals surface area contributed by atoms with Crippen LogP contribution >= 0.6 is 11.6 Å². The molecule has 1 fully saturated rings. The lowest BCUT2D eigenvalue weighted by Crippen LogP contribution is -2.61. The number of carbonyl (C=O) groups excluding carboxylic acids is 5. The van der Waals surface area contributed by atoms with Gasteiger partial charge in [0.05, 0.1) is 6.42 Å². The van der Waals surface area contributed by atoms with E-state index in [1.165, 1.54) is 23.9 Å². The standard InChI is InChI=1S/C58H59ClN4O7/c1-39-30-32-42(33-31-39)58(41-22-10-7-11-23-41,48-28-16-17-29-49(48)59)70-52(64)37-50(54(66)63-34-18-19-35-63)60-53(65)51(36-40-20-8-6-9-21-40)61(4)55(67)57(2,3)62(5)56(68)69-38-47-45-26-14-12-24-43(45)44-25-13-15-27-46(44)47/h6-17,20-33,47,50-51H,18-19,34-38H2,1-5H3,(H,60,65)/t50-,51-,58?/m0/s1. The Morgan fingerprint density at radius 2 is 1.26 bits per heavy atom. The number of likely N-dealkylation sites (tertiary alicyclic amines) is 1. The molecule has 3 atom stereocenters. The number of carbonyl (C=O) groups is 5. The summed E-state index contributed by atoms with van der Waals surface area (Å²) in [5.74, 6) is -2.61. The van der Waals surface area contributed by atoms with Gasteiger partial charge >= 0.3 is 12.1 Å². The van der Waals surface area contributed by atoms with Gasteiger partial charge in [0, 0.05) is 61.2 Å². The fraction of sp³-hybridized carbons (Fsp3) is 0.293. The van der Waals surface area contributed by atoms with Crippen LogP contribution in [-0.2, 0) is 40.7 Å². The van der Waals surface area contributed by atoms with Crippen LogP contribution in [-0.4, -0.2) is 95.9 Å². The van der Waals surface area contributed by atoms with Crippen molar-refractivity contribution in [2.45, 2.75) is 75.6 Å². The molecule has 360 valence electrons.